The second kappa shape index (κ2) is 6.38. The molecule has 2 N–H and O–H groups in total. The summed E-state index contributed by atoms with van der Waals surface area (Å²) in [7, 11) is 0. The normalized spacial score (nSPS) is 23.4. The highest BCUT2D eigenvalue weighted by Gasteiger charge is 2.64. The van der Waals surface area contributed by atoms with Crippen molar-refractivity contribution >= 4 is 11.5 Å². The van der Waals surface area contributed by atoms with E-state index in [4.69, 9.17) is 0 Å². The van der Waals surface area contributed by atoms with Crippen molar-refractivity contribution in [1.29, 1.82) is 0 Å². The molecule has 5 rings (SSSR count). The van der Waals surface area contributed by atoms with Crippen LogP contribution in [0.4, 0.5) is 23.4 Å². The van der Waals surface area contributed by atoms with E-state index >= 15 is 0 Å². The molecule has 1 aliphatic heterocycles. The second-order valence-corrected chi connectivity index (χ2v) is 7.57. The number of pyridine rings is 1. The zero-order chi connectivity index (χ0) is 20.2. The Balaban J connectivity index is 1.46. The SMILES string of the molecule is F[C@H]1CNC[C@@H]1Nc1cccc(-c2cnc3cc(C4(C(F)(F)F)CC4)cnn23)n1. The molecule has 3 aromatic rings. The van der Waals surface area contributed by atoms with Gasteiger partial charge in [0.1, 0.15) is 17.7 Å². The number of rotatable bonds is 4. The maximum Gasteiger partial charge on any atom is 0.398 e. The van der Waals surface area contributed by atoms with E-state index in [0.29, 0.717) is 35.9 Å². The Morgan fingerprint density at radius 2 is 2.00 bits per heavy atom. The first-order valence-electron chi connectivity index (χ1n) is 9.37. The fourth-order valence-electron chi connectivity index (χ4n) is 3.81. The Bertz CT molecular complexity index is 1060. The third kappa shape index (κ3) is 3.02. The molecule has 0 amide bonds. The molecular weight excluding hydrogens is 388 g/mol. The smallest absolute Gasteiger partial charge is 0.363 e. The number of aromatic nitrogens is 4. The van der Waals surface area contributed by atoms with Gasteiger partial charge in [-0.05, 0) is 36.6 Å². The van der Waals surface area contributed by atoms with Gasteiger partial charge in [-0.3, -0.25) is 0 Å². The fourth-order valence-corrected chi connectivity index (χ4v) is 3.81. The van der Waals surface area contributed by atoms with E-state index in [-0.39, 0.29) is 24.4 Å². The molecule has 29 heavy (non-hydrogen) atoms. The lowest BCUT2D eigenvalue weighted by atomic mass is 9.98. The molecule has 3 aromatic heterocycles. The molecule has 0 unspecified atom stereocenters. The molecule has 1 aliphatic carbocycles. The summed E-state index contributed by atoms with van der Waals surface area (Å²) in [6.07, 6.45) is -2.36. The first kappa shape index (κ1) is 18.3. The maximum absolute atomic E-state index is 13.8. The van der Waals surface area contributed by atoms with Crippen molar-refractivity contribution in [2.45, 2.75) is 36.6 Å². The van der Waals surface area contributed by atoms with E-state index in [1.807, 2.05) is 0 Å². The molecule has 2 atom stereocenters. The van der Waals surface area contributed by atoms with Crippen LogP contribution >= 0.6 is 0 Å². The highest BCUT2D eigenvalue weighted by molar-refractivity contribution is 5.62. The molecule has 0 spiro atoms. The van der Waals surface area contributed by atoms with Gasteiger partial charge in [0, 0.05) is 13.1 Å². The van der Waals surface area contributed by atoms with E-state index in [9.17, 15) is 17.6 Å². The minimum absolute atomic E-state index is 0.0722. The number of halogens is 4. The predicted molar refractivity (Wildman–Crippen MR) is 98.4 cm³/mol. The van der Waals surface area contributed by atoms with Crippen molar-refractivity contribution in [3.8, 4) is 11.4 Å². The average Bonchev–Trinajstić information content (AvgIpc) is 3.28. The van der Waals surface area contributed by atoms with Crippen LogP contribution < -0.4 is 10.6 Å². The van der Waals surface area contributed by atoms with Crippen molar-refractivity contribution in [2.75, 3.05) is 18.4 Å². The van der Waals surface area contributed by atoms with Gasteiger partial charge in [-0.1, -0.05) is 6.07 Å². The summed E-state index contributed by atoms with van der Waals surface area (Å²) < 4.78 is 55.5. The monoisotopic (exact) mass is 406 g/mol. The molecule has 6 nitrogen and oxygen atoms in total. The molecule has 4 heterocycles. The van der Waals surface area contributed by atoms with Gasteiger partial charge >= 0.3 is 6.18 Å². The highest BCUT2D eigenvalue weighted by Crippen LogP contribution is 2.58. The topological polar surface area (TPSA) is 67.1 Å². The van der Waals surface area contributed by atoms with Gasteiger partial charge in [-0.2, -0.15) is 18.3 Å². The molecule has 1 saturated heterocycles. The minimum atomic E-state index is -4.30. The van der Waals surface area contributed by atoms with E-state index in [2.05, 4.69) is 25.7 Å². The molecule has 10 heteroatoms. The lowest BCUT2D eigenvalue weighted by molar-refractivity contribution is -0.160. The number of hydrogen-bond acceptors (Lipinski definition) is 5. The molecule has 1 saturated carbocycles. The first-order valence-corrected chi connectivity index (χ1v) is 9.37. The summed E-state index contributed by atoms with van der Waals surface area (Å²) in [5, 5.41) is 10.2. The first-order chi connectivity index (χ1) is 13.9. The Kier molecular flexibility index (Phi) is 4.02. The van der Waals surface area contributed by atoms with Gasteiger partial charge in [-0.15, -0.1) is 0 Å². The van der Waals surface area contributed by atoms with Crippen LogP contribution in [0, 0.1) is 0 Å². The van der Waals surface area contributed by atoms with Crippen LogP contribution in [0.15, 0.2) is 36.7 Å². The van der Waals surface area contributed by atoms with E-state index in [1.54, 1.807) is 18.2 Å². The highest BCUT2D eigenvalue weighted by atomic mass is 19.4. The zero-order valence-electron chi connectivity index (χ0n) is 15.2. The summed E-state index contributed by atoms with van der Waals surface area (Å²) in [5.74, 6) is 0.513. The van der Waals surface area contributed by atoms with Gasteiger partial charge < -0.3 is 10.6 Å². The Hall–Kier alpha value is -2.75. The Morgan fingerprint density at radius 3 is 2.69 bits per heavy atom. The summed E-state index contributed by atoms with van der Waals surface area (Å²) in [6.45, 7) is 0.810. The predicted octanol–water partition coefficient (Wildman–Crippen LogP) is 3.11. The molecule has 0 aromatic carbocycles. The number of imidazole rings is 1. The van der Waals surface area contributed by atoms with Gasteiger partial charge in [0.05, 0.1) is 29.5 Å². The van der Waals surface area contributed by atoms with Crippen LogP contribution in [0.25, 0.3) is 17.0 Å². The standard InChI is InChI=1S/C19H18F4N6/c20-12-8-24-9-14(12)28-16-3-1-2-13(27-16)15-10-25-17-6-11(7-26-29(15)17)18(4-5-18)19(21,22)23/h1-3,6-7,10,12,14,24H,4-5,8-9H2,(H,27,28)/t12-,14-/m0/s1. The van der Waals surface area contributed by atoms with Crippen molar-refractivity contribution in [1.82, 2.24) is 24.9 Å². The van der Waals surface area contributed by atoms with Crippen LogP contribution in [0.1, 0.15) is 18.4 Å². The number of anilines is 1. The number of alkyl halides is 4. The van der Waals surface area contributed by atoms with Gasteiger partial charge in [0.25, 0.3) is 0 Å². The molecule has 2 aliphatic rings. The van der Waals surface area contributed by atoms with Crippen molar-refractivity contribution in [3.05, 3.63) is 42.2 Å². The van der Waals surface area contributed by atoms with Crippen LogP contribution in [-0.4, -0.2) is 51.1 Å². The fraction of sp³-hybridized carbons (Fsp3) is 0.421. The lowest BCUT2D eigenvalue weighted by Gasteiger charge is -2.19. The van der Waals surface area contributed by atoms with Gasteiger partial charge in [-0.25, -0.2) is 18.9 Å². The van der Waals surface area contributed by atoms with E-state index in [0.717, 1.165) is 0 Å². The lowest BCUT2D eigenvalue weighted by Crippen LogP contribution is -2.29. The molecule has 0 radical (unpaired) electrons. The Morgan fingerprint density at radius 1 is 1.17 bits per heavy atom. The summed E-state index contributed by atoms with van der Waals surface area (Å²) in [5.41, 5.74) is -0.235. The zero-order valence-corrected chi connectivity index (χ0v) is 15.2. The van der Waals surface area contributed by atoms with Gasteiger partial charge in [0.2, 0.25) is 0 Å². The van der Waals surface area contributed by atoms with Crippen LogP contribution in [-0.2, 0) is 5.41 Å². The van der Waals surface area contributed by atoms with Crippen LogP contribution in [0.2, 0.25) is 0 Å². The second-order valence-electron chi connectivity index (χ2n) is 7.57. The third-order valence-electron chi connectivity index (χ3n) is 5.69. The molecule has 152 valence electrons. The molecule has 0 bridgehead atoms. The summed E-state index contributed by atoms with van der Waals surface area (Å²) in [4.78, 5) is 8.73. The number of fused-ring (bicyclic) bond motifs is 1. The number of nitrogens with one attached hydrogen (secondary N) is 2. The number of hydrogen-bond donors (Lipinski definition) is 2. The third-order valence-corrected chi connectivity index (χ3v) is 5.69. The van der Waals surface area contributed by atoms with Crippen molar-refractivity contribution in [3.63, 3.8) is 0 Å². The van der Waals surface area contributed by atoms with Crippen LogP contribution in [0.3, 0.4) is 0 Å². The average molecular weight is 406 g/mol. The molecule has 2 fully saturated rings. The minimum Gasteiger partial charge on any atom is -0.363 e. The summed E-state index contributed by atoms with van der Waals surface area (Å²) >= 11 is 0. The van der Waals surface area contributed by atoms with E-state index < -0.39 is 17.8 Å². The van der Waals surface area contributed by atoms with Crippen molar-refractivity contribution in [2.24, 2.45) is 0 Å². The molecular formula is C19H18F4N6. The Labute approximate surface area is 163 Å². The van der Waals surface area contributed by atoms with Gasteiger partial charge in [0.15, 0.2) is 5.65 Å². The van der Waals surface area contributed by atoms with Crippen LogP contribution in [0.5, 0.6) is 0 Å². The maximum atomic E-state index is 13.8. The quantitative estimate of drug-likeness (QED) is 0.652. The largest absolute Gasteiger partial charge is 0.398 e. The summed E-state index contributed by atoms with van der Waals surface area (Å²) in [6, 6.07) is 6.34. The van der Waals surface area contributed by atoms with Crippen molar-refractivity contribution < 1.29 is 17.6 Å². The number of nitrogens with zero attached hydrogens (tertiary/aromatic N) is 4. The van der Waals surface area contributed by atoms with E-state index in [1.165, 1.54) is 23.0 Å².